The van der Waals surface area contributed by atoms with Crippen molar-refractivity contribution in [1.82, 2.24) is 20.4 Å². The molecule has 0 atom stereocenters. The molecule has 0 saturated carbocycles. The van der Waals surface area contributed by atoms with Gasteiger partial charge in [-0.25, -0.2) is 4.98 Å². The minimum atomic E-state index is -0.205. The van der Waals surface area contributed by atoms with Crippen molar-refractivity contribution in [2.45, 2.75) is 6.54 Å². The Morgan fingerprint density at radius 1 is 1.14 bits per heavy atom. The highest BCUT2D eigenvalue weighted by Gasteiger charge is 2.18. The predicted octanol–water partition coefficient (Wildman–Crippen LogP) is 4.54. The lowest BCUT2D eigenvalue weighted by Crippen LogP contribution is -2.23. The normalized spacial score (nSPS) is 11.0. The highest BCUT2D eigenvalue weighted by atomic mass is 32.1. The zero-order valence-corrected chi connectivity index (χ0v) is 15.8. The van der Waals surface area contributed by atoms with Crippen molar-refractivity contribution in [1.29, 1.82) is 0 Å². The van der Waals surface area contributed by atoms with Crippen molar-refractivity contribution in [3.63, 3.8) is 0 Å². The zero-order valence-electron chi connectivity index (χ0n) is 15.0. The van der Waals surface area contributed by atoms with Crippen LogP contribution in [0.15, 0.2) is 75.3 Å². The maximum atomic E-state index is 12.6. The van der Waals surface area contributed by atoms with Crippen LogP contribution in [-0.4, -0.2) is 21.0 Å². The van der Waals surface area contributed by atoms with Crippen LogP contribution in [-0.2, 0) is 6.54 Å². The smallest absolute Gasteiger partial charge is 0.251 e. The fourth-order valence-corrected chi connectivity index (χ4v) is 3.59. The first-order valence-corrected chi connectivity index (χ1v) is 9.73. The first-order chi connectivity index (χ1) is 14.3. The van der Waals surface area contributed by atoms with Gasteiger partial charge in [-0.2, -0.15) is 0 Å². The first kappa shape index (κ1) is 17.3. The molecule has 142 valence electrons. The van der Waals surface area contributed by atoms with Gasteiger partial charge in [0.05, 0.1) is 22.5 Å². The number of amides is 1. The summed E-state index contributed by atoms with van der Waals surface area (Å²) in [6, 6.07) is 14.6. The summed E-state index contributed by atoms with van der Waals surface area (Å²) in [7, 11) is 0. The molecule has 7 nitrogen and oxygen atoms in total. The van der Waals surface area contributed by atoms with E-state index in [0.717, 1.165) is 10.6 Å². The molecule has 0 saturated heterocycles. The maximum absolute atomic E-state index is 12.6. The number of benzene rings is 1. The number of hydrogen-bond acceptors (Lipinski definition) is 7. The number of thiophene rings is 1. The SMILES string of the molecule is O=C(NCc1ccccn1)c1ccc2onc(-c3coc(-c4cccs4)n3)c2c1. The molecular weight excluding hydrogens is 388 g/mol. The molecule has 4 aromatic heterocycles. The second kappa shape index (κ2) is 7.33. The van der Waals surface area contributed by atoms with Crippen molar-refractivity contribution in [3.8, 4) is 22.2 Å². The minimum absolute atomic E-state index is 0.205. The first-order valence-electron chi connectivity index (χ1n) is 8.85. The number of carbonyl (C=O) groups excluding carboxylic acids is 1. The molecule has 0 unspecified atom stereocenters. The Morgan fingerprint density at radius 3 is 2.93 bits per heavy atom. The molecule has 0 fully saturated rings. The molecule has 5 aromatic rings. The number of carbonyl (C=O) groups is 1. The Hall–Kier alpha value is -3.78. The van der Waals surface area contributed by atoms with Crippen LogP contribution in [0.3, 0.4) is 0 Å². The molecule has 5 rings (SSSR count). The monoisotopic (exact) mass is 402 g/mol. The molecule has 0 aliphatic carbocycles. The summed E-state index contributed by atoms with van der Waals surface area (Å²) in [4.78, 5) is 22.2. The van der Waals surface area contributed by atoms with Crippen molar-refractivity contribution in [2.75, 3.05) is 0 Å². The van der Waals surface area contributed by atoms with Crippen LogP contribution in [0.5, 0.6) is 0 Å². The third-order valence-electron chi connectivity index (χ3n) is 4.37. The molecular formula is C21H14N4O3S. The standard InChI is InChI=1S/C21H14N4O3S/c26-20(23-11-14-4-1-2-8-22-14)13-6-7-17-15(10-13)19(25-28-17)16-12-27-21(24-16)18-5-3-9-29-18/h1-10,12H,11H2,(H,23,26). The second-order valence-electron chi connectivity index (χ2n) is 6.26. The second-order valence-corrected chi connectivity index (χ2v) is 7.21. The summed E-state index contributed by atoms with van der Waals surface area (Å²) in [5, 5.41) is 9.64. The molecule has 0 radical (unpaired) electrons. The molecule has 0 aliphatic rings. The molecule has 1 amide bonds. The van der Waals surface area contributed by atoms with E-state index in [2.05, 4.69) is 20.4 Å². The van der Waals surface area contributed by atoms with Crippen molar-refractivity contribution >= 4 is 28.2 Å². The predicted molar refractivity (Wildman–Crippen MR) is 108 cm³/mol. The third-order valence-corrected chi connectivity index (χ3v) is 5.22. The summed E-state index contributed by atoms with van der Waals surface area (Å²) in [6.07, 6.45) is 3.24. The molecule has 0 aliphatic heterocycles. The van der Waals surface area contributed by atoms with Crippen LogP contribution in [0.4, 0.5) is 0 Å². The van der Waals surface area contributed by atoms with E-state index < -0.39 is 0 Å². The zero-order chi connectivity index (χ0) is 19.6. The fourth-order valence-electron chi connectivity index (χ4n) is 2.94. The highest BCUT2D eigenvalue weighted by Crippen LogP contribution is 2.31. The number of rotatable bonds is 5. The van der Waals surface area contributed by atoms with E-state index in [-0.39, 0.29) is 5.91 Å². The average molecular weight is 402 g/mol. The van der Waals surface area contributed by atoms with Crippen LogP contribution < -0.4 is 5.32 Å². The molecule has 4 heterocycles. The Morgan fingerprint density at radius 2 is 2.10 bits per heavy atom. The summed E-state index contributed by atoms with van der Waals surface area (Å²) in [5.74, 6) is 0.319. The molecule has 0 bridgehead atoms. The Kier molecular flexibility index (Phi) is 4.38. The Balaban J connectivity index is 1.42. The molecule has 8 heteroatoms. The lowest BCUT2D eigenvalue weighted by Gasteiger charge is -2.04. The van der Waals surface area contributed by atoms with Gasteiger partial charge in [0.2, 0.25) is 5.89 Å². The molecule has 1 N–H and O–H groups in total. The number of oxazole rings is 1. The number of nitrogens with one attached hydrogen (secondary N) is 1. The highest BCUT2D eigenvalue weighted by molar-refractivity contribution is 7.13. The van der Waals surface area contributed by atoms with Crippen LogP contribution >= 0.6 is 11.3 Å². The molecule has 1 aromatic carbocycles. The van der Waals surface area contributed by atoms with Gasteiger partial charge in [-0.1, -0.05) is 17.3 Å². The van der Waals surface area contributed by atoms with E-state index in [1.165, 1.54) is 0 Å². The quantitative estimate of drug-likeness (QED) is 0.464. The van der Waals surface area contributed by atoms with E-state index in [1.807, 2.05) is 35.7 Å². The topological polar surface area (TPSA) is 94.1 Å². The number of hydrogen-bond donors (Lipinski definition) is 1. The van der Waals surface area contributed by atoms with Gasteiger partial charge < -0.3 is 14.3 Å². The Bertz CT molecular complexity index is 1280. The van der Waals surface area contributed by atoms with E-state index in [0.29, 0.717) is 40.4 Å². The lowest BCUT2D eigenvalue weighted by molar-refractivity contribution is 0.0950. The number of pyridine rings is 1. The Labute approximate surface area is 169 Å². The van der Waals surface area contributed by atoms with Gasteiger partial charge in [0.1, 0.15) is 17.7 Å². The van der Waals surface area contributed by atoms with E-state index in [4.69, 9.17) is 8.94 Å². The maximum Gasteiger partial charge on any atom is 0.251 e. The van der Waals surface area contributed by atoms with Crippen LogP contribution in [0, 0.1) is 0 Å². The van der Waals surface area contributed by atoms with E-state index in [1.54, 1.807) is 42.0 Å². The van der Waals surface area contributed by atoms with Gasteiger partial charge in [-0.3, -0.25) is 9.78 Å². The summed E-state index contributed by atoms with van der Waals surface area (Å²) in [6.45, 7) is 0.349. The lowest BCUT2D eigenvalue weighted by atomic mass is 10.1. The van der Waals surface area contributed by atoms with Gasteiger partial charge in [-0.05, 0) is 41.8 Å². The van der Waals surface area contributed by atoms with E-state index >= 15 is 0 Å². The third kappa shape index (κ3) is 3.41. The van der Waals surface area contributed by atoms with Crippen LogP contribution in [0.25, 0.3) is 33.1 Å². The number of nitrogens with zero attached hydrogens (tertiary/aromatic N) is 3. The van der Waals surface area contributed by atoms with Crippen molar-refractivity contribution < 1.29 is 13.7 Å². The van der Waals surface area contributed by atoms with Crippen molar-refractivity contribution in [2.24, 2.45) is 0 Å². The van der Waals surface area contributed by atoms with Gasteiger partial charge in [0, 0.05) is 11.8 Å². The van der Waals surface area contributed by atoms with Gasteiger partial charge >= 0.3 is 0 Å². The summed E-state index contributed by atoms with van der Waals surface area (Å²) < 4.78 is 11.0. The number of aromatic nitrogens is 3. The van der Waals surface area contributed by atoms with E-state index in [9.17, 15) is 4.79 Å². The van der Waals surface area contributed by atoms with Gasteiger partial charge in [0.25, 0.3) is 5.91 Å². The van der Waals surface area contributed by atoms with Gasteiger partial charge in [0.15, 0.2) is 5.58 Å². The molecule has 29 heavy (non-hydrogen) atoms. The van der Waals surface area contributed by atoms with Crippen LogP contribution in [0.1, 0.15) is 16.1 Å². The summed E-state index contributed by atoms with van der Waals surface area (Å²) >= 11 is 1.54. The van der Waals surface area contributed by atoms with Gasteiger partial charge in [-0.15, -0.1) is 11.3 Å². The average Bonchev–Trinajstić information content (AvgIpc) is 3.52. The van der Waals surface area contributed by atoms with Crippen molar-refractivity contribution in [3.05, 3.63) is 77.6 Å². The fraction of sp³-hybridized carbons (Fsp3) is 0.0476. The molecule has 0 spiro atoms. The number of fused-ring (bicyclic) bond motifs is 1. The summed E-state index contributed by atoms with van der Waals surface area (Å²) in [5.41, 5.74) is 2.95. The van der Waals surface area contributed by atoms with Crippen LogP contribution in [0.2, 0.25) is 0 Å². The largest absolute Gasteiger partial charge is 0.443 e. The minimum Gasteiger partial charge on any atom is -0.443 e.